The number of benzene rings is 1. The number of hydrogen-bond donors (Lipinski definition) is 0. The van der Waals surface area contributed by atoms with Crippen LogP contribution in [0.1, 0.15) is 10.4 Å². The molecular weight excluding hydrogens is 242 g/mol. The number of carbonyl (C=O) groups excluding carboxylic acids is 1. The van der Waals surface area contributed by atoms with Gasteiger partial charge < -0.3 is 0 Å². The first-order chi connectivity index (χ1) is 7.81. The van der Waals surface area contributed by atoms with Gasteiger partial charge in [0, 0.05) is 16.7 Å². The third kappa shape index (κ3) is 2.43. The van der Waals surface area contributed by atoms with Crippen LogP contribution in [-0.4, -0.2) is 11.3 Å². The standard InChI is InChI=1S/C12H8ClNOS/c13-10-5-3-7-14-12(10)16-11-6-2-1-4-9(11)8-15/h1-8H. The number of aromatic nitrogens is 1. The topological polar surface area (TPSA) is 30.0 Å². The molecule has 80 valence electrons. The quantitative estimate of drug-likeness (QED) is 0.777. The molecule has 0 radical (unpaired) electrons. The van der Waals surface area contributed by atoms with E-state index in [4.69, 9.17) is 11.6 Å². The van der Waals surface area contributed by atoms with Crippen molar-refractivity contribution in [3.05, 3.63) is 53.2 Å². The lowest BCUT2D eigenvalue weighted by Gasteiger charge is -2.04. The molecule has 0 spiro atoms. The Bertz CT molecular complexity index is 516. The molecule has 2 aromatic rings. The minimum atomic E-state index is 0.591. The Kier molecular flexibility index (Phi) is 3.59. The lowest BCUT2D eigenvalue weighted by molar-refractivity contribution is 0.112. The van der Waals surface area contributed by atoms with Crippen LogP contribution in [0, 0.1) is 0 Å². The second kappa shape index (κ2) is 5.14. The van der Waals surface area contributed by atoms with E-state index in [1.807, 2.05) is 18.2 Å². The lowest BCUT2D eigenvalue weighted by Crippen LogP contribution is -1.86. The molecule has 0 atom stereocenters. The van der Waals surface area contributed by atoms with Crippen LogP contribution in [0.4, 0.5) is 0 Å². The van der Waals surface area contributed by atoms with Gasteiger partial charge in [0.25, 0.3) is 0 Å². The van der Waals surface area contributed by atoms with Crippen molar-refractivity contribution < 1.29 is 4.79 Å². The number of rotatable bonds is 3. The zero-order valence-corrected chi connectivity index (χ0v) is 9.83. The average molecular weight is 250 g/mol. The molecular formula is C12H8ClNOS. The molecule has 2 rings (SSSR count). The second-order valence-electron chi connectivity index (χ2n) is 3.05. The van der Waals surface area contributed by atoms with Crippen LogP contribution in [0.5, 0.6) is 0 Å². The van der Waals surface area contributed by atoms with Crippen LogP contribution in [0.2, 0.25) is 5.02 Å². The number of carbonyl (C=O) groups is 1. The van der Waals surface area contributed by atoms with E-state index in [9.17, 15) is 4.79 Å². The summed E-state index contributed by atoms with van der Waals surface area (Å²) in [6.45, 7) is 0. The van der Waals surface area contributed by atoms with E-state index in [1.54, 1.807) is 24.4 Å². The Morgan fingerprint density at radius 2 is 2.00 bits per heavy atom. The molecule has 0 saturated carbocycles. The van der Waals surface area contributed by atoms with Crippen LogP contribution < -0.4 is 0 Å². The van der Waals surface area contributed by atoms with Gasteiger partial charge >= 0.3 is 0 Å². The molecule has 1 aromatic carbocycles. The van der Waals surface area contributed by atoms with Gasteiger partial charge in [0.15, 0.2) is 6.29 Å². The normalized spacial score (nSPS) is 10.1. The number of aldehydes is 1. The predicted molar refractivity (Wildman–Crippen MR) is 65.2 cm³/mol. The van der Waals surface area contributed by atoms with Gasteiger partial charge in [0.05, 0.1) is 5.02 Å². The Morgan fingerprint density at radius 3 is 2.75 bits per heavy atom. The van der Waals surface area contributed by atoms with E-state index in [0.717, 1.165) is 11.2 Å². The van der Waals surface area contributed by atoms with Crippen LogP contribution in [0.3, 0.4) is 0 Å². The SMILES string of the molecule is O=Cc1ccccc1Sc1ncccc1Cl. The van der Waals surface area contributed by atoms with Crippen LogP contribution >= 0.6 is 23.4 Å². The van der Waals surface area contributed by atoms with Gasteiger partial charge in [-0.1, -0.05) is 41.6 Å². The molecule has 1 aromatic heterocycles. The summed E-state index contributed by atoms with van der Waals surface area (Å²) in [5.41, 5.74) is 0.647. The molecule has 0 aliphatic carbocycles. The van der Waals surface area contributed by atoms with E-state index in [1.165, 1.54) is 11.8 Å². The Morgan fingerprint density at radius 1 is 1.19 bits per heavy atom. The minimum absolute atomic E-state index is 0.591. The molecule has 0 unspecified atom stereocenters. The first-order valence-corrected chi connectivity index (χ1v) is 5.83. The zero-order valence-electron chi connectivity index (χ0n) is 8.26. The van der Waals surface area contributed by atoms with E-state index >= 15 is 0 Å². The average Bonchev–Trinajstić information content (AvgIpc) is 2.33. The van der Waals surface area contributed by atoms with E-state index in [0.29, 0.717) is 15.6 Å². The highest BCUT2D eigenvalue weighted by atomic mass is 35.5. The summed E-state index contributed by atoms with van der Waals surface area (Å²) in [5.74, 6) is 0. The Balaban J connectivity index is 2.34. The molecule has 0 aliphatic rings. The zero-order chi connectivity index (χ0) is 11.4. The lowest BCUT2D eigenvalue weighted by atomic mass is 10.2. The van der Waals surface area contributed by atoms with Crippen LogP contribution in [-0.2, 0) is 0 Å². The van der Waals surface area contributed by atoms with Gasteiger partial charge in [-0.2, -0.15) is 0 Å². The minimum Gasteiger partial charge on any atom is -0.298 e. The smallest absolute Gasteiger partial charge is 0.151 e. The van der Waals surface area contributed by atoms with Crippen molar-refractivity contribution in [2.75, 3.05) is 0 Å². The molecule has 0 N–H and O–H groups in total. The van der Waals surface area contributed by atoms with Crippen LogP contribution in [0.15, 0.2) is 52.5 Å². The molecule has 0 fully saturated rings. The maximum absolute atomic E-state index is 10.8. The fourth-order valence-electron chi connectivity index (χ4n) is 1.22. The van der Waals surface area contributed by atoms with Gasteiger partial charge in [-0.05, 0) is 18.2 Å². The van der Waals surface area contributed by atoms with Crippen molar-refractivity contribution in [3.8, 4) is 0 Å². The largest absolute Gasteiger partial charge is 0.298 e. The maximum Gasteiger partial charge on any atom is 0.151 e. The molecule has 2 nitrogen and oxygen atoms in total. The number of nitrogens with zero attached hydrogens (tertiary/aromatic N) is 1. The van der Waals surface area contributed by atoms with Crippen LogP contribution in [0.25, 0.3) is 0 Å². The summed E-state index contributed by atoms with van der Waals surface area (Å²) in [5, 5.41) is 1.30. The molecule has 16 heavy (non-hydrogen) atoms. The first-order valence-electron chi connectivity index (χ1n) is 4.64. The third-order valence-corrected chi connectivity index (χ3v) is 3.50. The van der Waals surface area contributed by atoms with Gasteiger partial charge in [0.2, 0.25) is 0 Å². The Labute approximate surface area is 103 Å². The highest BCUT2D eigenvalue weighted by molar-refractivity contribution is 7.99. The van der Waals surface area contributed by atoms with E-state index in [-0.39, 0.29) is 0 Å². The maximum atomic E-state index is 10.8. The highest BCUT2D eigenvalue weighted by Gasteiger charge is 2.06. The van der Waals surface area contributed by atoms with Gasteiger partial charge in [-0.25, -0.2) is 4.98 Å². The first kappa shape index (κ1) is 11.2. The molecule has 0 saturated heterocycles. The predicted octanol–water partition coefficient (Wildman–Crippen LogP) is 3.70. The summed E-state index contributed by atoms with van der Waals surface area (Å²) in [7, 11) is 0. The number of halogens is 1. The fourth-order valence-corrected chi connectivity index (χ4v) is 2.33. The summed E-state index contributed by atoms with van der Waals surface area (Å²) < 4.78 is 0. The molecule has 0 bridgehead atoms. The molecule has 4 heteroatoms. The third-order valence-electron chi connectivity index (χ3n) is 1.98. The summed E-state index contributed by atoms with van der Waals surface area (Å²) in [6.07, 6.45) is 2.51. The number of pyridine rings is 1. The highest BCUT2D eigenvalue weighted by Crippen LogP contribution is 2.32. The van der Waals surface area contributed by atoms with Crippen molar-refractivity contribution in [1.29, 1.82) is 0 Å². The summed E-state index contributed by atoms with van der Waals surface area (Å²) in [4.78, 5) is 15.9. The second-order valence-corrected chi connectivity index (χ2v) is 4.49. The van der Waals surface area contributed by atoms with E-state index in [2.05, 4.69) is 4.98 Å². The van der Waals surface area contributed by atoms with Gasteiger partial charge in [-0.15, -0.1) is 0 Å². The van der Waals surface area contributed by atoms with Gasteiger partial charge in [-0.3, -0.25) is 4.79 Å². The fraction of sp³-hybridized carbons (Fsp3) is 0. The van der Waals surface area contributed by atoms with E-state index < -0.39 is 0 Å². The summed E-state index contributed by atoms with van der Waals surface area (Å²) >= 11 is 7.39. The monoisotopic (exact) mass is 249 g/mol. The number of hydrogen-bond acceptors (Lipinski definition) is 3. The van der Waals surface area contributed by atoms with Crippen molar-refractivity contribution in [2.24, 2.45) is 0 Å². The molecule has 1 heterocycles. The van der Waals surface area contributed by atoms with Gasteiger partial charge in [0.1, 0.15) is 5.03 Å². The Hall–Kier alpha value is -1.32. The van der Waals surface area contributed by atoms with Crippen molar-refractivity contribution in [3.63, 3.8) is 0 Å². The molecule has 0 aliphatic heterocycles. The summed E-state index contributed by atoms with van der Waals surface area (Å²) in [6, 6.07) is 10.9. The van der Waals surface area contributed by atoms with Crippen molar-refractivity contribution in [2.45, 2.75) is 9.92 Å². The van der Waals surface area contributed by atoms with Crippen molar-refractivity contribution in [1.82, 2.24) is 4.98 Å². The molecule has 0 amide bonds. The van der Waals surface area contributed by atoms with Crippen molar-refractivity contribution >= 4 is 29.6 Å².